The summed E-state index contributed by atoms with van der Waals surface area (Å²) >= 11 is 15.0. The van der Waals surface area contributed by atoms with Crippen molar-refractivity contribution in [2.75, 3.05) is 0 Å². The van der Waals surface area contributed by atoms with E-state index in [9.17, 15) is 9.59 Å². The summed E-state index contributed by atoms with van der Waals surface area (Å²) in [5.74, 6) is -0.870. The molecule has 2 aromatic carbocycles. The van der Waals surface area contributed by atoms with Crippen LogP contribution in [0.15, 0.2) is 46.9 Å². The van der Waals surface area contributed by atoms with Crippen molar-refractivity contribution in [1.29, 1.82) is 0 Å². The smallest absolute Gasteiger partial charge is 0.271 e. The van der Waals surface area contributed by atoms with Gasteiger partial charge in [0.25, 0.3) is 5.91 Å². The third-order valence-electron chi connectivity index (χ3n) is 2.77. The Balaban J connectivity index is 1.91. The molecule has 0 aliphatic rings. The number of hydrazine groups is 1. The highest BCUT2D eigenvalue weighted by Crippen LogP contribution is 2.20. The second kappa shape index (κ2) is 7.63. The quantitative estimate of drug-likeness (QED) is 0.769. The molecule has 2 N–H and O–H groups in total. The molecule has 4 nitrogen and oxygen atoms in total. The highest BCUT2D eigenvalue weighted by Gasteiger charge is 2.12. The summed E-state index contributed by atoms with van der Waals surface area (Å²) in [6.07, 6.45) is 0.150. The van der Waals surface area contributed by atoms with Crippen molar-refractivity contribution in [2.24, 2.45) is 0 Å². The van der Waals surface area contributed by atoms with Crippen LogP contribution in [0.1, 0.15) is 15.9 Å². The van der Waals surface area contributed by atoms with Crippen LogP contribution in [-0.2, 0) is 11.2 Å². The first-order chi connectivity index (χ1) is 10.5. The fraction of sp³-hybridized carbons (Fsp3) is 0.0667. The molecule has 0 aliphatic carbocycles. The number of carbonyl (C=O) groups is 2. The van der Waals surface area contributed by atoms with Crippen LogP contribution in [0, 0.1) is 0 Å². The average Bonchev–Trinajstić information content (AvgIpc) is 2.49. The van der Waals surface area contributed by atoms with Crippen molar-refractivity contribution < 1.29 is 9.59 Å². The van der Waals surface area contributed by atoms with E-state index in [-0.39, 0.29) is 22.9 Å². The average molecular weight is 402 g/mol. The van der Waals surface area contributed by atoms with Gasteiger partial charge in [-0.3, -0.25) is 20.4 Å². The molecular formula is C15H11BrCl2N2O2. The molecule has 0 saturated carbocycles. The molecule has 0 fully saturated rings. The lowest BCUT2D eigenvalue weighted by atomic mass is 10.1. The number of carbonyl (C=O) groups excluding carboxylic acids is 2. The van der Waals surface area contributed by atoms with Gasteiger partial charge in [-0.2, -0.15) is 0 Å². The Morgan fingerprint density at radius 3 is 2.36 bits per heavy atom. The van der Waals surface area contributed by atoms with Gasteiger partial charge in [0.1, 0.15) is 0 Å². The van der Waals surface area contributed by atoms with E-state index in [0.29, 0.717) is 5.02 Å². The lowest BCUT2D eigenvalue weighted by Gasteiger charge is -2.09. The minimum Gasteiger partial charge on any atom is -0.273 e. The third-order valence-corrected chi connectivity index (χ3v) is 3.86. The van der Waals surface area contributed by atoms with Crippen LogP contribution in [0.3, 0.4) is 0 Å². The molecule has 22 heavy (non-hydrogen) atoms. The van der Waals surface area contributed by atoms with Gasteiger partial charge in [0.2, 0.25) is 5.91 Å². The first kappa shape index (κ1) is 16.8. The predicted octanol–water partition coefficient (Wildman–Crippen LogP) is 3.76. The number of halogens is 3. The molecule has 0 radical (unpaired) electrons. The first-order valence-electron chi connectivity index (χ1n) is 6.24. The van der Waals surface area contributed by atoms with E-state index in [4.69, 9.17) is 23.2 Å². The fourth-order valence-electron chi connectivity index (χ4n) is 1.70. The lowest BCUT2D eigenvalue weighted by Crippen LogP contribution is -2.42. The third kappa shape index (κ3) is 4.73. The van der Waals surface area contributed by atoms with E-state index in [1.807, 2.05) is 24.3 Å². The Kier molecular flexibility index (Phi) is 5.83. The molecule has 0 unspecified atom stereocenters. The van der Waals surface area contributed by atoms with Crippen molar-refractivity contribution >= 4 is 50.9 Å². The van der Waals surface area contributed by atoms with Gasteiger partial charge in [-0.25, -0.2) is 0 Å². The van der Waals surface area contributed by atoms with E-state index in [1.54, 1.807) is 6.07 Å². The maximum atomic E-state index is 11.9. The molecule has 2 aromatic rings. The van der Waals surface area contributed by atoms with Crippen LogP contribution in [-0.4, -0.2) is 11.8 Å². The molecule has 0 saturated heterocycles. The molecule has 7 heteroatoms. The largest absolute Gasteiger partial charge is 0.273 e. The summed E-state index contributed by atoms with van der Waals surface area (Å²) in [7, 11) is 0. The van der Waals surface area contributed by atoms with Crippen LogP contribution in [0.4, 0.5) is 0 Å². The molecule has 0 heterocycles. The van der Waals surface area contributed by atoms with Crippen LogP contribution < -0.4 is 10.9 Å². The minimum absolute atomic E-state index is 0.150. The van der Waals surface area contributed by atoms with Crippen molar-refractivity contribution in [3.8, 4) is 0 Å². The topological polar surface area (TPSA) is 58.2 Å². The number of rotatable bonds is 3. The second-order valence-electron chi connectivity index (χ2n) is 4.43. The number of amides is 2. The van der Waals surface area contributed by atoms with Gasteiger partial charge in [-0.1, -0.05) is 51.3 Å². The van der Waals surface area contributed by atoms with Gasteiger partial charge < -0.3 is 0 Å². The zero-order valence-corrected chi connectivity index (χ0v) is 14.3. The maximum Gasteiger partial charge on any atom is 0.271 e. The lowest BCUT2D eigenvalue weighted by molar-refractivity contribution is -0.121. The maximum absolute atomic E-state index is 11.9. The summed E-state index contributed by atoms with van der Waals surface area (Å²) in [6, 6.07) is 11.8. The van der Waals surface area contributed by atoms with Crippen molar-refractivity contribution in [2.45, 2.75) is 6.42 Å². The monoisotopic (exact) mass is 400 g/mol. The predicted molar refractivity (Wildman–Crippen MR) is 89.9 cm³/mol. The zero-order chi connectivity index (χ0) is 16.1. The first-order valence-corrected chi connectivity index (χ1v) is 7.79. The molecule has 2 amide bonds. The molecule has 0 bridgehead atoms. The molecule has 0 aliphatic heterocycles. The molecule has 2 rings (SSSR count). The van der Waals surface area contributed by atoms with E-state index >= 15 is 0 Å². The van der Waals surface area contributed by atoms with Gasteiger partial charge in [-0.05, 0) is 35.9 Å². The molecule has 0 spiro atoms. The number of hydrogen-bond donors (Lipinski definition) is 2. The van der Waals surface area contributed by atoms with Crippen LogP contribution in [0.5, 0.6) is 0 Å². The summed E-state index contributed by atoms with van der Waals surface area (Å²) in [5, 5.41) is 0.639. The Hall–Kier alpha value is -1.56. The molecular weight excluding hydrogens is 391 g/mol. The number of hydrogen-bond acceptors (Lipinski definition) is 2. The van der Waals surface area contributed by atoms with Crippen LogP contribution in [0.2, 0.25) is 10.0 Å². The normalized spacial score (nSPS) is 10.1. The van der Waals surface area contributed by atoms with Gasteiger partial charge in [0, 0.05) is 9.50 Å². The van der Waals surface area contributed by atoms with E-state index < -0.39 is 5.91 Å². The van der Waals surface area contributed by atoms with E-state index in [1.165, 1.54) is 12.1 Å². The second-order valence-corrected chi connectivity index (χ2v) is 6.19. The number of nitrogens with one attached hydrogen (secondary N) is 2. The van der Waals surface area contributed by atoms with E-state index in [0.717, 1.165) is 10.0 Å². The van der Waals surface area contributed by atoms with Crippen LogP contribution >= 0.6 is 39.1 Å². The molecule has 0 atom stereocenters. The van der Waals surface area contributed by atoms with Gasteiger partial charge >= 0.3 is 0 Å². The standard InChI is InChI=1S/C15H11BrCl2N2O2/c16-10-3-1-9(2-4-10)7-14(21)19-20-15(22)12-8-11(17)5-6-13(12)18/h1-6,8H,7H2,(H,19,21)(H,20,22). The van der Waals surface area contributed by atoms with Gasteiger partial charge in [0.15, 0.2) is 0 Å². The SMILES string of the molecule is O=C(Cc1ccc(Br)cc1)NNC(=O)c1cc(Cl)ccc1Cl. The zero-order valence-electron chi connectivity index (χ0n) is 11.2. The Labute approximate surface area is 145 Å². The summed E-state index contributed by atoms with van der Waals surface area (Å²) in [4.78, 5) is 23.7. The highest BCUT2D eigenvalue weighted by atomic mass is 79.9. The highest BCUT2D eigenvalue weighted by molar-refractivity contribution is 9.10. The van der Waals surface area contributed by atoms with Crippen molar-refractivity contribution in [3.63, 3.8) is 0 Å². The fourth-order valence-corrected chi connectivity index (χ4v) is 2.34. The van der Waals surface area contributed by atoms with Crippen molar-refractivity contribution in [3.05, 3.63) is 68.1 Å². The Bertz CT molecular complexity index is 705. The Morgan fingerprint density at radius 1 is 1.00 bits per heavy atom. The summed E-state index contributed by atoms with van der Waals surface area (Å²) < 4.78 is 0.931. The van der Waals surface area contributed by atoms with E-state index in [2.05, 4.69) is 26.8 Å². The number of benzene rings is 2. The summed E-state index contributed by atoms with van der Waals surface area (Å²) in [6.45, 7) is 0. The minimum atomic E-state index is -0.531. The van der Waals surface area contributed by atoms with Crippen LogP contribution in [0.25, 0.3) is 0 Å². The van der Waals surface area contributed by atoms with Crippen molar-refractivity contribution in [1.82, 2.24) is 10.9 Å². The summed E-state index contributed by atoms with van der Waals surface area (Å²) in [5.41, 5.74) is 5.67. The Morgan fingerprint density at radius 2 is 1.68 bits per heavy atom. The molecule has 0 aromatic heterocycles. The van der Waals surface area contributed by atoms with Gasteiger partial charge in [0.05, 0.1) is 17.0 Å². The van der Waals surface area contributed by atoms with Gasteiger partial charge in [-0.15, -0.1) is 0 Å². The molecule has 114 valence electrons.